The molecule has 24 heavy (non-hydrogen) atoms. The molecule has 0 saturated heterocycles. The second-order valence-electron chi connectivity index (χ2n) is 6.79. The highest BCUT2D eigenvalue weighted by Gasteiger charge is 2.17. The molecule has 0 aliphatic rings. The molecule has 0 radical (unpaired) electrons. The Kier molecular flexibility index (Phi) is 5.50. The lowest BCUT2D eigenvalue weighted by Gasteiger charge is -2.21. The van der Waals surface area contributed by atoms with Crippen molar-refractivity contribution >= 4 is 17.4 Å². The Bertz CT molecular complexity index is 701. The Morgan fingerprint density at radius 3 is 2.25 bits per heavy atom. The van der Waals surface area contributed by atoms with Crippen molar-refractivity contribution in [2.75, 3.05) is 17.7 Å². The number of hydrogen-bond acceptors (Lipinski definition) is 2. The first-order valence-corrected chi connectivity index (χ1v) is 8.19. The van der Waals surface area contributed by atoms with Gasteiger partial charge in [0.05, 0.1) is 12.8 Å². The molecule has 4 nitrogen and oxygen atoms in total. The van der Waals surface area contributed by atoms with Gasteiger partial charge in [0.1, 0.15) is 5.75 Å². The molecule has 0 aliphatic carbocycles. The van der Waals surface area contributed by atoms with E-state index in [2.05, 4.69) is 38.3 Å². The van der Waals surface area contributed by atoms with E-state index in [1.54, 1.807) is 7.11 Å². The van der Waals surface area contributed by atoms with Crippen LogP contribution in [0.1, 0.15) is 38.8 Å². The Morgan fingerprint density at radius 2 is 1.71 bits per heavy atom. The first-order valence-electron chi connectivity index (χ1n) is 8.19. The lowest BCUT2D eigenvalue weighted by Crippen LogP contribution is -2.20. The smallest absolute Gasteiger partial charge is 0.323 e. The summed E-state index contributed by atoms with van der Waals surface area (Å²) in [6.07, 6.45) is 0.975. The normalized spacial score (nSPS) is 11.0. The number of hydrogen-bond donors (Lipinski definition) is 2. The molecule has 0 spiro atoms. The number of carbonyl (C=O) groups is 1. The maximum atomic E-state index is 12.3. The standard InChI is InChI=1S/C20H26N2O2/c1-6-14-7-10-16(11-8-14)21-19(23)22-17-13-15(20(2,3)4)9-12-18(17)24-5/h7-13H,6H2,1-5H3,(H2,21,22,23). The highest BCUT2D eigenvalue weighted by Crippen LogP contribution is 2.31. The molecule has 2 amide bonds. The highest BCUT2D eigenvalue weighted by molar-refractivity contribution is 6.00. The van der Waals surface area contributed by atoms with E-state index in [0.717, 1.165) is 17.7 Å². The number of aryl methyl sites for hydroxylation is 1. The summed E-state index contributed by atoms with van der Waals surface area (Å²) in [7, 11) is 1.60. The Morgan fingerprint density at radius 1 is 1.04 bits per heavy atom. The summed E-state index contributed by atoms with van der Waals surface area (Å²) in [6, 6.07) is 13.4. The molecule has 0 heterocycles. The Hall–Kier alpha value is -2.49. The van der Waals surface area contributed by atoms with Crippen LogP contribution < -0.4 is 15.4 Å². The average molecular weight is 326 g/mol. The van der Waals surface area contributed by atoms with E-state index >= 15 is 0 Å². The predicted molar refractivity (Wildman–Crippen MR) is 100 cm³/mol. The van der Waals surface area contributed by atoms with Gasteiger partial charge in [-0.1, -0.05) is 45.9 Å². The van der Waals surface area contributed by atoms with Crippen molar-refractivity contribution in [2.45, 2.75) is 39.5 Å². The third-order valence-corrected chi connectivity index (χ3v) is 3.93. The van der Waals surface area contributed by atoms with Gasteiger partial charge in [0, 0.05) is 5.69 Å². The molecule has 128 valence electrons. The summed E-state index contributed by atoms with van der Waals surface area (Å²) >= 11 is 0. The molecule has 2 rings (SSSR count). The van der Waals surface area contributed by atoms with Gasteiger partial charge < -0.3 is 15.4 Å². The monoisotopic (exact) mass is 326 g/mol. The van der Waals surface area contributed by atoms with Crippen molar-refractivity contribution in [3.8, 4) is 5.75 Å². The summed E-state index contributed by atoms with van der Waals surface area (Å²) in [5, 5.41) is 5.72. The Balaban J connectivity index is 2.14. The molecule has 2 aromatic carbocycles. The fourth-order valence-corrected chi connectivity index (χ4v) is 2.38. The zero-order valence-corrected chi connectivity index (χ0v) is 15.1. The number of anilines is 2. The van der Waals surface area contributed by atoms with E-state index in [1.807, 2.05) is 42.5 Å². The zero-order valence-electron chi connectivity index (χ0n) is 15.1. The molecule has 0 fully saturated rings. The summed E-state index contributed by atoms with van der Waals surface area (Å²) < 4.78 is 5.35. The van der Waals surface area contributed by atoms with Crippen LogP contribution in [-0.2, 0) is 11.8 Å². The van der Waals surface area contributed by atoms with Crippen LogP contribution >= 0.6 is 0 Å². The second kappa shape index (κ2) is 7.39. The summed E-state index contributed by atoms with van der Waals surface area (Å²) in [4.78, 5) is 12.3. The van der Waals surface area contributed by atoms with Gasteiger partial charge >= 0.3 is 6.03 Å². The fourth-order valence-electron chi connectivity index (χ4n) is 2.38. The number of carbonyl (C=O) groups excluding carboxylic acids is 1. The van der Waals surface area contributed by atoms with Crippen molar-refractivity contribution in [1.29, 1.82) is 0 Å². The minimum Gasteiger partial charge on any atom is -0.495 e. The van der Waals surface area contributed by atoms with Crippen molar-refractivity contribution in [3.05, 3.63) is 53.6 Å². The third kappa shape index (κ3) is 4.51. The fraction of sp³-hybridized carbons (Fsp3) is 0.350. The van der Waals surface area contributed by atoms with E-state index in [1.165, 1.54) is 5.56 Å². The van der Waals surface area contributed by atoms with Gasteiger partial charge in [-0.25, -0.2) is 4.79 Å². The van der Waals surface area contributed by atoms with Gasteiger partial charge in [-0.3, -0.25) is 0 Å². The number of amides is 2. The summed E-state index contributed by atoms with van der Waals surface area (Å²) in [6.45, 7) is 8.50. The van der Waals surface area contributed by atoms with E-state index < -0.39 is 0 Å². The summed E-state index contributed by atoms with van der Waals surface area (Å²) in [5.74, 6) is 0.638. The lowest BCUT2D eigenvalue weighted by molar-refractivity contribution is 0.262. The quantitative estimate of drug-likeness (QED) is 0.811. The van der Waals surface area contributed by atoms with E-state index in [4.69, 9.17) is 4.74 Å². The van der Waals surface area contributed by atoms with Crippen molar-refractivity contribution in [2.24, 2.45) is 0 Å². The summed E-state index contributed by atoms with van der Waals surface area (Å²) in [5.41, 5.74) is 3.78. The molecule has 2 N–H and O–H groups in total. The van der Waals surface area contributed by atoms with Gasteiger partial charge in [-0.2, -0.15) is 0 Å². The topological polar surface area (TPSA) is 50.4 Å². The van der Waals surface area contributed by atoms with Crippen LogP contribution in [-0.4, -0.2) is 13.1 Å². The molecule has 0 bridgehead atoms. The van der Waals surface area contributed by atoms with Crippen LogP contribution in [0.3, 0.4) is 0 Å². The molecule has 0 atom stereocenters. The van der Waals surface area contributed by atoms with Crippen molar-refractivity contribution < 1.29 is 9.53 Å². The van der Waals surface area contributed by atoms with Gasteiger partial charge in [0.15, 0.2) is 0 Å². The first-order chi connectivity index (χ1) is 11.3. The van der Waals surface area contributed by atoms with Gasteiger partial charge in [-0.15, -0.1) is 0 Å². The van der Waals surface area contributed by atoms with Crippen LogP contribution in [0.15, 0.2) is 42.5 Å². The number of methoxy groups -OCH3 is 1. The zero-order chi connectivity index (χ0) is 17.7. The lowest BCUT2D eigenvalue weighted by atomic mass is 9.87. The van der Waals surface area contributed by atoms with Crippen molar-refractivity contribution in [3.63, 3.8) is 0 Å². The first kappa shape index (κ1) is 17.9. The van der Waals surface area contributed by atoms with Crippen LogP contribution in [0.25, 0.3) is 0 Å². The molecule has 0 unspecified atom stereocenters. The number of urea groups is 1. The molecule has 2 aromatic rings. The van der Waals surface area contributed by atoms with E-state index in [0.29, 0.717) is 11.4 Å². The SMILES string of the molecule is CCc1ccc(NC(=O)Nc2cc(C(C)(C)C)ccc2OC)cc1. The van der Waals surface area contributed by atoms with Crippen LogP contribution in [0.4, 0.5) is 16.2 Å². The Labute approximate surface area is 144 Å². The van der Waals surface area contributed by atoms with Gasteiger partial charge in [-0.05, 0) is 47.2 Å². The maximum absolute atomic E-state index is 12.3. The molecule has 0 saturated carbocycles. The minimum atomic E-state index is -0.288. The van der Waals surface area contributed by atoms with Gasteiger partial charge in [0.2, 0.25) is 0 Å². The average Bonchev–Trinajstić information content (AvgIpc) is 2.54. The largest absolute Gasteiger partial charge is 0.495 e. The van der Waals surface area contributed by atoms with Crippen LogP contribution in [0.5, 0.6) is 5.75 Å². The maximum Gasteiger partial charge on any atom is 0.323 e. The molecule has 4 heteroatoms. The van der Waals surface area contributed by atoms with E-state index in [-0.39, 0.29) is 11.4 Å². The number of ether oxygens (including phenoxy) is 1. The second-order valence-corrected chi connectivity index (χ2v) is 6.79. The number of benzene rings is 2. The molecule has 0 aliphatic heterocycles. The minimum absolute atomic E-state index is 0.00480. The predicted octanol–water partition coefficient (Wildman–Crippen LogP) is 5.20. The van der Waals surface area contributed by atoms with E-state index in [9.17, 15) is 4.79 Å². The third-order valence-electron chi connectivity index (χ3n) is 3.93. The van der Waals surface area contributed by atoms with Crippen LogP contribution in [0, 0.1) is 0 Å². The van der Waals surface area contributed by atoms with Crippen LogP contribution in [0.2, 0.25) is 0 Å². The molecule has 0 aromatic heterocycles. The van der Waals surface area contributed by atoms with Gasteiger partial charge in [0.25, 0.3) is 0 Å². The number of nitrogens with one attached hydrogen (secondary N) is 2. The highest BCUT2D eigenvalue weighted by atomic mass is 16.5. The molecular formula is C20H26N2O2. The number of rotatable bonds is 4. The van der Waals surface area contributed by atoms with Crippen molar-refractivity contribution in [1.82, 2.24) is 0 Å². The molecular weight excluding hydrogens is 300 g/mol.